The van der Waals surface area contributed by atoms with E-state index < -0.39 is 43.2 Å². The zero-order valence-electron chi connectivity index (χ0n) is 12.4. The average molecular weight is 322 g/mol. The highest BCUT2D eigenvalue weighted by molar-refractivity contribution is 5.73. The summed E-state index contributed by atoms with van der Waals surface area (Å²) < 4.78 is 11.0. The molecule has 0 aromatic heterocycles. The van der Waals surface area contributed by atoms with Gasteiger partial charge in [0.05, 0.1) is 18.2 Å². The number of ether oxygens (including phenoxy) is 2. The maximum absolute atomic E-state index is 11.3. The maximum atomic E-state index is 11.3. The van der Waals surface area contributed by atoms with Crippen LogP contribution in [0.25, 0.3) is 0 Å². The highest BCUT2D eigenvalue weighted by Crippen LogP contribution is 2.24. The van der Waals surface area contributed by atoms with Crippen LogP contribution in [-0.2, 0) is 9.53 Å². The van der Waals surface area contributed by atoms with Crippen LogP contribution in [0.5, 0.6) is 5.75 Å². The number of hydrogen-bond acceptors (Lipinski definition) is 7. The molecule has 5 atom stereocenters. The first-order chi connectivity index (χ1) is 11.0. The first-order valence-corrected chi connectivity index (χ1v) is 7.02. The molecular formula is C15H18N2O6. The Morgan fingerprint density at radius 1 is 1.35 bits per heavy atom. The fraction of sp³-hybridized carbons (Fsp3) is 0.467. The lowest BCUT2D eigenvalue weighted by Crippen LogP contribution is -2.65. The molecule has 124 valence electrons. The Labute approximate surface area is 132 Å². The van der Waals surface area contributed by atoms with Gasteiger partial charge in [-0.05, 0) is 24.3 Å². The zero-order chi connectivity index (χ0) is 17.0. The van der Waals surface area contributed by atoms with Crippen LogP contribution in [0, 0.1) is 11.3 Å². The van der Waals surface area contributed by atoms with Crippen LogP contribution in [0.15, 0.2) is 24.3 Å². The van der Waals surface area contributed by atoms with E-state index in [2.05, 4.69) is 5.32 Å². The topological polar surface area (TPSA) is 132 Å². The summed E-state index contributed by atoms with van der Waals surface area (Å²) in [6, 6.07) is 7.12. The number of nitrogens with one attached hydrogen (secondary N) is 1. The van der Waals surface area contributed by atoms with Crippen LogP contribution in [0.3, 0.4) is 0 Å². The number of aliphatic hydroxyl groups is 3. The van der Waals surface area contributed by atoms with Gasteiger partial charge in [-0.3, -0.25) is 4.79 Å². The standard InChI is InChI=1S/C15H18N2O6/c1-8(19)17-12-14(21)13(20)11(7-18)23-15(12)22-10-4-2-9(6-16)3-5-10/h2-5,11-15,18,20-21H,7H2,1H3,(H,17,19). The van der Waals surface area contributed by atoms with Crippen LogP contribution in [0.4, 0.5) is 0 Å². The lowest BCUT2D eigenvalue weighted by Gasteiger charge is -2.42. The predicted molar refractivity (Wildman–Crippen MR) is 77.2 cm³/mol. The first-order valence-electron chi connectivity index (χ1n) is 7.02. The van der Waals surface area contributed by atoms with Crippen molar-refractivity contribution in [1.82, 2.24) is 5.32 Å². The van der Waals surface area contributed by atoms with E-state index in [1.807, 2.05) is 6.07 Å². The van der Waals surface area contributed by atoms with Crippen molar-refractivity contribution < 1.29 is 29.6 Å². The lowest BCUT2D eigenvalue weighted by molar-refractivity contribution is -0.244. The van der Waals surface area contributed by atoms with E-state index in [4.69, 9.17) is 14.7 Å². The SMILES string of the molecule is CC(=O)NC1C(Oc2ccc(C#N)cc2)OC(CO)C(O)C1O. The molecule has 1 fully saturated rings. The molecule has 4 N–H and O–H groups in total. The summed E-state index contributed by atoms with van der Waals surface area (Å²) in [6.45, 7) is 0.744. The van der Waals surface area contributed by atoms with Crippen LogP contribution in [0.2, 0.25) is 0 Å². The van der Waals surface area contributed by atoms with Crippen molar-refractivity contribution in [1.29, 1.82) is 5.26 Å². The van der Waals surface area contributed by atoms with Crippen molar-refractivity contribution in [3.05, 3.63) is 29.8 Å². The molecule has 23 heavy (non-hydrogen) atoms. The van der Waals surface area contributed by atoms with Gasteiger partial charge in [0.2, 0.25) is 12.2 Å². The highest BCUT2D eigenvalue weighted by atomic mass is 16.7. The summed E-state index contributed by atoms with van der Waals surface area (Å²) in [4.78, 5) is 11.3. The molecule has 1 aliphatic heterocycles. The summed E-state index contributed by atoms with van der Waals surface area (Å²) in [5.41, 5.74) is 0.448. The van der Waals surface area contributed by atoms with Gasteiger partial charge in [0.25, 0.3) is 0 Å². The molecule has 0 aliphatic carbocycles. The molecular weight excluding hydrogens is 304 g/mol. The number of benzene rings is 1. The van der Waals surface area contributed by atoms with E-state index in [0.29, 0.717) is 11.3 Å². The number of aliphatic hydroxyl groups excluding tert-OH is 3. The number of carbonyl (C=O) groups is 1. The Hall–Kier alpha value is -2.18. The number of nitrogens with zero attached hydrogens (tertiary/aromatic N) is 1. The van der Waals surface area contributed by atoms with Crippen molar-refractivity contribution in [2.24, 2.45) is 0 Å². The molecule has 8 heteroatoms. The third-order valence-electron chi connectivity index (χ3n) is 3.49. The molecule has 0 radical (unpaired) electrons. The van der Waals surface area contributed by atoms with Crippen molar-refractivity contribution in [2.75, 3.05) is 6.61 Å². The monoisotopic (exact) mass is 322 g/mol. The summed E-state index contributed by atoms with van der Waals surface area (Å²) >= 11 is 0. The van der Waals surface area contributed by atoms with Crippen LogP contribution < -0.4 is 10.1 Å². The largest absolute Gasteiger partial charge is 0.463 e. The normalized spacial score (nSPS) is 30.3. The predicted octanol–water partition coefficient (Wildman–Crippen LogP) is -1.12. The van der Waals surface area contributed by atoms with E-state index in [1.165, 1.54) is 19.1 Å². The van der Waals surface area contributed by atoms with Gasteiger partial charge in [-0.2, -0.15) is 5.26 Å². The molecule has 1 heterocycles. The minimum atomic E-state index is -1.37. The number of hydrogen-bond donors (Lipinski definition) is 4. The quantitative estimate of drug-likeness (QED) is 0.552. The molecule has 1 aliphatic rings. The van der Waals surface area contributed by atoms with E-state index >= 15 is 0 Å². The molecule has 1 aromatic carbocycles. The van der Waals surface area contributed by atoms with Gasteiger partial charge in [-0.15, -0.1) is 0 Å². The van der Waals surface area contributed by atoms with Crippen molar-refractivity contribution >= 4 is 5.91 Å². The smallest absolute Gasteiger partial charge is 0.223 e. The van der Waals surface area contributed by atoms with Gasteiger partial charge in [-0.1, -0.05) is 0 Å². The van der Waals surface area contributed by atoms with Gasteiger partial charge in [0.15, 0.2) is 0 Å². The summed E-state index contributed by atoms with van der Waals surface area (Å²) in [6.07, 6.45) is -4.88. The van der Waals surface area contributed by atoms with Crippen LogP contribution in [0.1, 0.15) is 12.5 Å². The fourth-order valence-electron chi connectivity index (χ4n) is 2.31. The van der Waals surface area contributed by atoms with Gasteiger partial charge in [0, 0.05) is 6.92 Å². The lowest BCUT2D eigenvalue weighted by atomic mass is 9.97. The van der Waals surface area contributed by atoms with Crippen molar-refractivity contribution in [3.8, 4) is 11.8 Å². The highest BCUT2D eigenvalue weighted by Gasteiger charge is 2.46. The number of amides is 1. The molecule has 2 rings (SSSR count). The Kier molecular flexibility index (Phi) is 5.52. The van der Waals surface area contributed by atoms with Crippen molar-refractivity contribution in [3.63, 3.8) is 0 Å². The van der Waals surface area contributed by atoms with E-state index in [9.17, 15) is 20.1 Å². The summed E-state index contributed by atoms with van der Waals surface area (Å²) in [5.74, 6) is -0.0784. The third-order valence-corrected chi connectivity index (χ3v) is 3.49. The van der Waals surface area contributed by atoms with Crippen LogP contribution in [-0.4, -0.2) is 58.5 Å². The number of nitriles is 1. The van der Waals surface area contributed by atoms with E-state index in [1.54, 1.807) is 12.1 Å². The van der Waals surface area contributed by atoms with E-state index in [0.717, 1.165) is 0 Å². The molecule has 5 unspecified atom stereocenters. The molecule has 1 saturated heterocycles. The second kappa shape index (κ2) is 7.39. The number of carbonyl (C=O) groups excluding carboxylic acids is 1. The van der Waals surface area contributed by atoms with E-state index in [-0.39, 0.29) is 0 Å². The molecule has 1 amide bonds. The Bertz CT molecular complexity index is 585. The minimum absolute atomic E-state index is 0.352. The molecule has 1 aromatic rings. The molecule has 8 nitrogen and oxygen atoms in total. The third kappa shape index (κ3) is 3.97. The van der Waals surface area contributed by atoms with Gasteiger partial charge in [0.1, 0.15) is 30.1 Å². The zero-order valence-corrected chi connectivity index (χ0v) is 12.4. The molecule has 0 spiro atoms. The Balaban J connectivity index is 2.19. The Morgan fingerprint density at radius 2 is 2.00 bits per heavy atom. The first kappa shape index (κ1) is 17.2. The average Bonchev–Trinajstić information content (AvgIpc) is 2.54. The van der Waals surface area contributed by atoms with Gasteiger partial charge in [-0.25, -0.2) is 0 Å². The second-order valence-electron chi connectivity index (χ2n) is 5.19. The maximum Gasteiger partial charge on any atom is 0.223 e. The van der Waals surface area contributed by atoms with Gasteiger partial charge >= 0.3 is 0 Å². The van der Waals surface area contributed by atoms with Crippen LogP contribution >= 0.6 is 0 Å². The summed E-state index contributed by atoms with van der Waals surface area (Å²) in [5, 5.41) is 40.5. The second-order valence-corrected chi connectivity index (χ2v) is 5.19. The molecule has 0 bridgehead atoms. The van der Waals surface area contributed by atoms with Crippen molar-refractivity contribution in [2.45, 2.75) is 37.6 Å². The minimum Gasteiger partial charge on any atom is -0.463 e. The Morgan fingerprint density at radius 3 is 2.52 bits per heavy atom. The summed E-state index contributed by atoms with van der Waals surface area (Å²) in [7, 11) is 0. The fourth-order valence-corrected chi connectivity index (χ4v) is 2.31. The molecule has 0 saturated carbocycles. The number of rotatable bonds is 4. The van der Waals surface area contributed by atoms with Gasteiger partial charge < -0.3 is 30.1 Å².